The Kier molecular flexibility index (Phi) is 5.23. The average Bonchev–Trinajstić information content (AvgIpc) is 2.42. The van der Waals surface area contributed by atoms with Gasteiger partial charge in [-0.2, -0.15) is 0 Å². The van der Waals surface area contributed by atoms with Gasteiger partial charge in [0, 0.05) is 24.7 Å². The molecule has 0 radical (unpaired) electrons. The number of carbonyl (C=O) groups excluding carboxylic acids is 1. The lowest BCUT2D eigenvalue weighted by atomic mass is 9.96. The minimum absolute atomic E-state index is 0.140. The second-order valence-corrected chi connectivity index (χ2v) is 5.53. The van der Waals surface area contributed by atoms with E-state index >= 15 is 0 Å². The second-order valence-electron chi connectivity index (χ2n) is 5.10. The zero-order chi connectivity index (χ0) is 13.7. The van der Waals surface area contributed by atoms with Crippen molar-refractivity contribution in [3.8, 4) is 0 Å². The topological polar surface area (TPSA) is 32.3 Å². The van der Waals surface area contributed by atoms with Crippen LogP contribution < -0.4 is 5.32 Å². The van der Waals surface area contributed by atoms with Crippen LogP contribution >= 0.6 is 11.6 Å². The number of hydrogen-bond donors (Lipinski definition) is 1. The molecule has 2 rings (SSSR count). The van der Waals surface area contributed by atoms with Crippen molar-refractivity contribution in [3.63, 3.8) is 0 Å². The van der Waals surface area contributed by atoms with Crippen LogP contribution in [0.1, 0.15) is 25.3 Å². The summed E-state index contributed by atoms with van der Waals surface area (Å²) in [5.74, 6) is 0.337. The fourth-order valence-corrected chi connectivity index (χ4v) is 2.71. The van der Waals surface area contributed by atoms with E-state index in [9.17, 15) is 4.79 Å². The van der Waals surface area contributed by atoms with Gasteiger partial charge in [-0.1, -0.05) is 23.7 Å². The number of benzene rings is 1. The monoisotopic (exact) mass is 280 g/mol. The number of hydrogen-bond acceptors (Lipinski definition) is 2. The summed E-state index contributed by atoms with van der Waals surface area (Å²) in [6.07, 6.45) is 2.10. The van der Waals surface area contributed by atoms with Gasteiger partial charge < -0.3 is 5.32 Å². The van der Waals surface area contributed by atoms with Gasteiger partial charge in [0.2, 0.25) is 5.91 Å². The Balaban J connectivity index is 1.90. The lowest BCUT2D eigenvalue weighted by Crippen LogP contribution is -2.42. The molecular formula is C15H21ClN2O. The van der Waals surface area contributed by atoms with E-state index in [-0.39, 0.29) is 11.8 Å². The van der Waals surface area contributed by atoms with Gasteiger partial charge >= 0.3 is 0 Å². The first-order valence-electron chi connectivity index (χ1n) is 6.93. The summed E-state index contributed by atoms with van der Waals surface area (Å²) in [7, 11) is 0. The fourth-order valence-electron chi connectivity index (χ4n) is 2.58. The summed E-state index contributed by atoms with van der Waals surface area (Å²) in [5.41, 5.74) is 1.25. The molecule has 1 amide bonds. The van der Waals surface area contributed by atoms with Crippen molar-refractivity contribution >= 4 is 17.5 Å². The number of carbonyl (C=O) groups is 1. The van der Waals surface area contributed by atoms with Crippen LogP contribution in [0.5, 0.6) is 0 Å². The molecule has 1 N–H and O–H groups in total. The molecule has 0 bridgehead atoms. The van der Waals surface area contributed by atoms with E-state index in [1.165, 1.54) is 5.56 Å². The molecule has 0 aliphatic carbocycles. The van der Waals surface area contributed by atoms with Crippen LogP contribution in [-0.4, -0.2) is 30.4 Å². The van der Waals surface area contributed by atoms with E-state index in [4.69, 9.17) is 11.6 Å². The first-order chi connectivity index (χ1) is 9.19. The molecule has 1 unspecified atom stereocenters. The van der Waals surface area contributed by atoms with Crippen molar-refractivity contribution < 1.29 is 4.79 Å². The smallest absolute Gasteiger partial charge is 0.224 e. The van der Waals surface area contributed by atoms with Crippen molar-refractivity contribution in [1.29, 1.82) is 0 Å². The Hall–Kier alpha value is -1.06. The Morgan fingerprint density at radius 1 is 1.42 bits per heavy atom. The van der Waals surface area contributed by atoms with Crippen molar-refractivity contribution in [2.45, 2.75) is 26.3 Å². The average molecular weight is 281 g/mol. The van der Waals surface area contributed by atoms with E-state index < -0.39 is 0 Å². The standard InChI is InChI=1S/C15H21ClN2O/c1-2-17-15(19)13-4-3-9-18(11-13)10-12-5-7-14(16)8-6-12/h5-8,13H,2-4,9-11H2,1H3,(H,17,19). The first kappa shape index (κ1) is 14.4. The zero-order valence-electron chi connectivity index (χ0n) is 11.4. The third-order valence-corrected chi connectivity index (χ3v) is 3.80. The van der Waals surface area contributed by atoms with Crippen LogP contribution in [-0.2, 0) is 11.3 Å². The van der Waals surface area contributed by atoms with E-state index in [0.29, 0.717) is 6.54 Å². The van der Waals surface area contributed by atoms with Gasteiger partial charge in [0.25, 0.3) is 0 Å². The molecule has 19 heavy (non-hydrogen) atoms. The number of nitrogens with zero attached hydrogens (tertiary/aromatic N) is 1. The molecule has 1 atom stereocenters. The molecule has 0 aromatic heterocycles. The predicted octanol–water partition coefficient (Wildman–Crippen LogP) is 2.69. The maximum absolute atomic E-state index is 11.9. The van der Waals surface area contributed by atoms with Crippen LogP contribution in [0, 0.1) is 5.92 Å². The van der Waals surface area contributed by atoms with Crippen molar-refractivity contribution in [1.82, 2.24) is 10.2 Å². The third kappa shape index (κ3) is 4.22. The summed E-state index contributed by atoms with van der Waals surface area (Å²) in [5, 5.41) is 3.69. The highest BCUT2D eigenvalue weighted by atomic mass is 35.5. The van der Waals surface area contributed by atoms with Crippen LogP contribution in [0.2, 0.25) is 5.02 Å². The fraction of sp³-hybridized carbons (Fsp3) is 0.533. The number of likely N-dealkylation sites (tertiary alicyclic amines) is 1. The highest BCUT2D eigenvalue weighted by molar-refractivity contribution is 6.30. The molecule has 104 valence electrons. The molecular weight excluding hydrogens is 260 g/mol. The quantitative estimate of drug-likeness (QED) is 0.920. The first-order valence-corrected chi connectivity index (χ1v) is 7.31. The summed E-state index contributed by atoms with van der Waals surface area (Å²) in [6, 6.07) is 7.94. The minimum atomic E-state index is 0.140. The summed E-state index contributed by atoms with van der Waals surface area (Å²) < 4.78 is 0. The molecule has 1 aromatic carbocycles. The van der Waals surface area contributed by atoms with E-state index in [1.807, 2.05) is 19.1 Å². The van der Waals surface area contributed by atoms with Gasteiger partial charge in [-0.05, 0) is 44.0 Å². The van der Waals surface area contributed by atoms with Crippen LogP contribution in [0.4, 0.5) is 0 Å². The molecule has 0 saturated carbocycles. The molecule has 1 fully saturated rings. The van der Waals surface area contributed by atoms with Crippen LogP contribution in [0.3, 0.4) is 0 Å². The molecule has 1 saturated heterocycles. The van der Waals surface area contributed by atoms with Crippen LogP contribution in [0.15, 0.2) is 24.3 Å². The maximum atomic E-state index is 11.9. The maximum Gasteiger partial charge on any atom is 0.224 e. The number of piperidine rings is 1. The summed E-state index contributed by atoms with van der Waals surface area (Å²) >= 11 is 5.89. The van der Waals surface area contributed by atoms with Crippen molar-refractivity contribution in [2.24, 2.45) is 5.92 Å². The number of nitrogens with one attached hydrogen (secondary N) is 1. The SMILES string of the molecule is CCNC(=O)C1CCCN(Cc2ccc(Cl)cc2)C1. The number of amides is 1. The number of halogens is 1. The van der Waals surface area contributed by atoms with Gasteiger partial charge in [0.15, 0.2) is 0 Å². The summed E-state index contributed by atoms with van der Waals surface area (Å²) in [6.45, 7) is 5.50. The highest BCUT2D eigenvalue weighted by Gasteiger charge is 2.25. The van der Waals surface area contributed by atoms with Crippen molar-refractivity contribution in [3.05, 3.63) is 34.9 Å². The second kappa shape index (κ2) is 6.92. The molecule has 1 aliphatic rings. The molecule has 0 spiro atoms. The largest absolute Gasteiger partial charge is 0.356 e. The molecule has 1 aromatic rings. The Labute approximate surface area is 119 Å². The van der Waals surface area contributed by atoms with E-state index in [1.54, 1.807) is 0 Å². The summed E-state index contributed by atoms with van der Waals surface area (Å²) in [4.78, 5) is 14.2. The lowest BCUT2D eigenvalue weighted by molar-refractivity contribution is -0.126. The zero-order valence-corrected chi connectivity index (χ0v) is 12.1. The van der Waals surface area contributed by atoms with Crippen LogP contribution in [0.25, 0.3) is 0 Å². The van der Waals surface area contributed by atoms with Gasteiger partial charge in [-0.3, -0.25) is 9.69 Å². The van der Waals surface area contributed by atoms with E-state index in [2.05, 4.69) is 22.3 Å². The lowest BCUT2D eigenvalue weighted by Gasteiger charge is -2.32. The minimum Gasteiger partial charge on any atom is -0.356 e. The Morgan fingerprint density at radius 2 is 2.16 bits per heavy atom. The molecule has 3 nitrogen and oxygen atoms in total. The third-order valence-electron chi connectivity index (χ3n) is 3.55. The molecule has 4 heteroatoms. The molecule has 1 aliphatic heterocycles. The molecule has 1 heterocycles. The predicted molar refractivity (Wildman–Crippen MR) is 78.1 cm³/mol. The Morgan fingerprint density at radius 3 is 2.84 bits per heavy atom. The van der Waals surface area contributed by atoms with Crippen molar-refractivity contribution in [2.75, 3.05) is 19.6 Å². The van der Waals surface area contributed by atoms with Gasteiger partial charge in [-0.25, -0.2) is 0 Å². The van der Waals surface area contributed by atoms with Gasteiger partial charge in [0.1, 0.15) is 0 Å². The Bertz CT molecular complexity index is 419. The number of rotatable bonds is 4. The highest BCUT2D eigenvalue weighted by Crippen LogP contribution is 2.19. The van der Waals surface area contributed by atoms with E-state index in [0.717, 1.165) is 37.5 Å². The van der Waals surface area contributed by atoms with Gasteiger partial charge in [-0.15, -0.1) is 0 Å². The van der Waals surface area contributed by atoms with Gasteiger partial charge in [0.05, 0.1) is 5.92 Å². The normalized spacial score (nSPS) is 20.2.